The number of benzene rings is 2. The molecule has 4 nitrogen and oxygen atoms in total. The standard InChI is InChI=1S/C20H24N2O2/c1-15(2)16-8-10-17(11-9-16)24-13-5-12-22-19-7-4-3-6-18(19)21-20(22)14-23/h3-4,6-11,15,23H,5,12-14H2,1-2H3. The van der Waals surface area contributed by atoms with Gasteiger partial charge in [0.05, 0.1) is 17.6 Å². The molecule has 0 aliphatic heterocycles. The van der Waals surface area contributed by atoms with Crippen molar-refractivity contribution in [2.24, 2.45) is 0 Å². The van der Waals surface area contributed by atoms with Gasteiger partial charge < -0.3 is 14.4 Å². The number of ether oxygens (including phenoxy) is 1. The Bertz CT molecular complexity index is 791. The molecule has 0 bridgehead atoms. The molecule has 0 saturated heterocycles. The average molecular weight is 324 g/mol. The minimum atomic E-state index is -0.0494. The van der Waals surface area contributed by atoms with Crippen LogP contribution in [-0.2, 0) is 13.2 Å². The molecule has 0 aliphatic carbocycles. The molecule has 0 saturated carbocycles. The highest BCUT2D eigenvalue weighted by Gasteiger charge is 2.09. The first kappa shape index (κ1) is 16.5. The predicted molar refractivity (Wildman–Crippen MR) is 96.3 cm³/mol. The zero-order valence-electron chi connectivity index (χ0n) is 14.3. The van der Waals surface area contributed by atoms with Gasteiger partial charge in [-0.15, -0.1) is 0 Å². The van der Waals surface area contributed by atoms with Gasteiger partial charge in [0, 0.05) is 6.54 Å². The maximum Gasteiger partial charge on any atom is 0.135 e. The Hall–Kier alpha value is -2.33. The van der Waals surface area contributed by atoms with Crippen LogP contribution in [-0.4, -0.2) is 21.3 Å². The van der Waals surface area contributed by atoms with Crippen molar-refractivity contribution in [3.63, 3.8) is 0 Å². The molecule has 0 aliphatic rings. The molecule has 0 amide bonds. The van der Waals surface area contributed by atoms with Crippen LogP contribution in [0, 0.1) is 0 Å². The molecule has 1 aromatic heterocycles. The van der Waals surface area contributed by atoms with E-state index in [4.69, 9.17) is 4.74 Å². The van der Waals surface area contributed by atoms with Crippen LogP contribution in [0.15, 0.2) is 48.5 Å². The molecular weight excluding hydrogens is 300 g/mol. The lowest BCUT2D eigenvalue weighted by Gasteiger charge is -2.10. The molecule has 3 aromatic rings. The van der Waals surface area contributed by atoms with Gasteiger partial charge in [0.15, 0.2) is 0 Å². The predicted octanol–water partition coefficient (Wildman–Crippen LogP) is 4.12. The number of aryl methyl sites for hydroxylation is 1. The van der Waals surface area contributed by atoms with Gasteiger partial charge in [0.2, 0.25) is 0 Å². The molecule has 0 fully saturated rings. The Morgan fingerprint density at radius 1 is 1.08 bits per heavy atom. The summed E-state index contributed by atoms with van der Waals surface area (Å²) >= 11 is 0. The number of hydrogen-bond acceptors (Lipinski definition) is 3. The molecule has 3 rings (SSSR count). The first-order valence-electron chi connectivity index (χ1n) is 8.47. The lowest BCUT2D eigenvalue weighted by Crippen LogP contribution is -2.08. The number of hydrogen-bond donors (Lipinski definition) is 1. The molecule has 1 N–H and O–H groups in total. The fraction of sp³-hybridized carbons (Fsp3) is 0.350. The number of nitrogens with zero attached hydrogens (tertiary/aromatic N) is 2. The van der Waals surface area contributed by atoms with Crippen LogP contribution >= 0.6 is 0 Å². The van der Waals surface area contributed by atoms with E-state index in [0.717, 1.165) is 29.7 Å². The van der Waals surface area contributed by atoms with Crippen LogP contribution in [0.1, 0.15) is 37.6 Å². The second-order valence-corrected chi connectivity index (χ2v) is 6.25. The Morgan fingerprint density at radius 2 is 1.83 bits per heavy atom. The third-order valence-electron chi connectivity index (χ3n) is 4.22. The van der Waals surface area contributed by atoms with Gasteiger partial charge in [0.1, 0.15) is 18.2 Å². The van der Waals surface area contributed by atoms with Crippen LogP contribution in [0.5, 0.6) is 5.75 Å². The largest absolute Gasteiger partial charge is 0.494 e. The summed E-state index contributed by atoms with van der Waals surface area (Å²) in [5, 5.41) is 9.51. The van der Waals surface area contributed by atoms with E-state index >= 15 is 0 Å². The second kappa shape index (κ2) is 7.49. The highest BCUT2D eigenvalue weighted by atomic mass is 16.5. The summed E-state index contributed by atoms with van der Waals surface area (Å²) in [5.74, 6) is 2.14. The van der Waals surface area contributed by atoms with E-state index in [1.54, 1.807) is 0 Å². The highest BCUT2D eigenvalue weighted by molar-refractivity contribution is 5.75. The molecule has 4 heteroatoms. The van der Waals surface area contributed by atoms with Crippen molar-refractivity contribution in [1.29, 1.82) is 0 Å². The molecule has 24 heavy (non-hydrogen) atoms. The van der Waals surface area contributed by atoms with E-state index in [1.165, 1.54) is 5.56 Å². The van der Waals surface area contributed by atoms with Gasteiger partial charge in [-0.3, -0.25) is 0 Å². The summed E-state index contributed by atoms with van der Waals surface area (Å²) in [6.45, 7) is 5.74. The van der Waals surface area contributed by atoms with Crippen molar-refractivity contribution in [3.8, 4) is 5.75 Å². The van der Waals surface area contributed by atoms with Crippen LogP contribution in [0.3, 0.4) is 0 Å². The van der Waals surface area contributed by atoms with Crippen molar-refractivity contribution in [2.45, 2.75) is 39.3 Å². The van der Waals surface area contributed by atoms with Gasteiger partial charge >= 0.3 is 0 Å². The van der Waals surface area contributed by atoms with E-state index in [-0.39, 0.29) is 6.61 Å². The van der Waals surface area contributed by atoms with Crippen molar-refractivity contribution >= 4 is 11.0 Å². The number of aliphatic hydroxyl groups is 1. The van der Waals surface area contributed by atoms with Gasteiger partial charge in [-0.2, -0.15) is 0 Å². The zero-order valence-corrected chi connectivity index (χ0v) is 14.3. The van der Waals surface area contributed by atoms with Crippen LogP contribution in [0.2, 0.25) is 0 Å². The summed E-state index contributed by atoms with van der Waals surface area (Å²) in [7, 11) is 0. The van der Waals surface area contributed by atoms with E-state index in [1.807, 2.05) is 36.4 Å². The van der Waals surface area contributed by atoms with Crippen molar-refractivity contribution < 1.29 is 9.84 Å². The number of fused-ring (bicyclic) bond motifs is 1. The third kappa shape index (κ3) is 3.60. The van der Waals surface area contributed by atoms with Gasteiger partial charge in [-0.1, -0.05) is 38.1 Å². The molecule has 0 radical (unpaired) electrons. The fourth-order valence-electron chi connectivity index (χ4n) is 2.86. The fourth-order valence-corrected chi connectivity index (χ4v) is 2.86. The highest BCUT2D eigenvalue weighted by Crippen LogP contribution is 2.19. The Balaban J connectivity index is 1.59. The molecule has 1 heterocycles. The van der Waals surface area contributed by atoms with Crippen molar-refractivity contribution in [1.82, 2.24) is 9.55 Å². The maximum atomic E-state index is 9.51. The molecule has 126 valence electrons. The van der Waals surface area contributed by atoms with Gasteiger partial charge in [0.25, 0.3) is 0 Å². The number of imidazole rings is 1. The Morgan fingerprint density at radius 3 is 2.54 bits per heavy atom. The smallest absolute Gasteiger partial charge is 0.135 e. The van der Waals surface area contributed by atoms with Crippen LogP contribution < -0.4 is 4.74 Å². The van der Waals surface area contributed by atoms with E-state index in [9.17, 15) is 5.11 Å². The molecule has 0 unspecified atom stereocenters. The van der Waals surface area contributed by atoms with Crippen molar-refractivity contribution in [3.05, 3.63) is 59.9 Å². The lowest BCUT2D eigenvalue weighted by molar-refractivity contribution is 0.261. The number of para-hydroxylation sites is 2. The van der Waals surface area contributed by atoms with Crippen LogP contribution in [0.4, 0.5) is 0 Å². The molecule has 0 spiro atoms. The SMILES string of the molecule is CC(C)c1ccc(OCCCn2c(CO)nc3ccccc32)cc1. The first-order valence-corrected chi connectivity index (χ1v) is 8.47. The maximum absolute atomic E-state index is 9.51. The second-order valence-electron chi connectivity index (χ2n) is 6.25. The summed E-state index contributed by atoms with van der Waals surface area (Å²) in [6, 6.07) is 16.3. The average Bonchev–Trinajstić information content (AvgIpc) is 2.97. The minimum absolute atomic E-state index is 0.0494. The quantitative estimate of drug-likeness (QED) is 0.665. The Kier molecular flexibility index (Phi) is 5.16. The third-order valence-corrected chi connectivity index (χ3v) is 4.22. The summed E-state index contributed by atoms with van der Waals surface area (Å²) < 4.78 is 7.90. The van der Waals surface area contributed by atoms with Crippen molar-refractivity contribution in [2.75, 3.05) is 6.61 Å². The lowest BCUT2D eigenvalue weighted by atomic mass is 10.0. The monoisotopic (exact) mass is 324 g/mol. The zero-order chi connectivity index (χ0) is 16.9. The molecular formula is C20H24N2O2. The molecule has 0 atom stereocenters. The topological polar surface area (TPSA) is 47.3 Å². The van der Waals surface area contributed by atoms with Gasteiger partial charge in [-0.25, -0.2) is 4.98 Å². The van der Waals surface area contributed by atoms with E-state index in [2.05, 4.69) is 35.5 Å². The van der Waals surface area contributed by atoms with Gasteiger partial charge in [-0.05, 0) is 42.2 Å². The normalized spacial score (nSPS) is 11.3. The van der Waals surface area contributed by atoms with E-state index < -0.39 is 0 Å². The summed E-state index contributed by atoms with van der Waals surface area (Å²) in [6.07, 6.45) is 0.860. The van der Waals surface area contributed by atoms with E-state index in [0.29, 0.717) is 18.3 Å². The first-order chi connectivity index (χ1) is 11.7. The number of aromatic nitrogens is 2. The minimum Gasteiger partial charge on any atom is -0.494 e. The molecule has 2 aromatic carbocycles. The number of rotatable bonds is 7. The number of aliphatic hydroxyl groups excluding tert-OH is 1. The summed E-state index contributed by atoms with van der Waals surface area (Å²) in [4.78, 5) is 4.47. The van der Waals surface area contributed by atoms with Crippen LogP contribution in [0.25, 0.3) is 11.0 Å². The summed E-state index contributed by atoms with van der Waals surface area (Å²) in [5.41, 5.74) is 3.30. The Labute approximate surface area is 142 Å².